The van der Waals surface area contributed by atoms with Gasteiger partial charge in [0.2, 0.25) is 0 Å². The Morgan fingerprint density at radius 2 is 2.00 bits per heavy atom. The van der Waals surface area contributed by atoms with Crippen LogP contribution >= 0.6 is 11.3 Å². The number of oxime groups is 1. The number of carboxylic acids is 1. The number of nitrogens with zero attached hydrogens (tertiary/aromatic N) is 3. The molecule has 2 fully saturated rings. The third-order valence-electron chi connectivity index (χ3n) is 9.15. The average Bonchev–Trinajstić information content (AvgIpc) is 3.48. The molecule has 1 aliphatic carbocycles. The van der Waals surface area contributed by atoms with Crippen LogP contribution in [-0.2, 0) is 45.1 Å². The molecule has 2 amide bonds. The summed E-state index contributed by atoms with van der Waals surface area (Å²) in [5.41, 5.74) is 8.36. The van der Waals surface area contributed by atoms with Crippen molar-refractivity contribution in [3.63, 3.8) is 0 Å². The zero-order valence-corrected chi connectivity index (χ0v) is 29.1. The zero-order valence-electron chi connectivity index (χ0n) is 27.5. The number of nitrogen functional groups attached to an aromatic ring is 1. The molecule has 1 saturated carbocycles. The SMILES string of the molecule is CO[C@]1(CN)C[C@H](NC(=N)c2ccc3c(c2)CC[C@H]([C@](C)(O/N=C(\C(=O)N[C@@H]2C(=O)N(OS(=O)(=O)O)C2(C)C)c2csc(N)n2)C(=O)O)O3)C1. The van der Waals surface area contributed by atoms with E-state index in [2.05, 4.69) is 25.1 Å². The number of thiazole rings is 1. The van der Waals surface area contributed by atoms with E-state index in [4.69, 9.17) is 35.7 Å². The van der Waals surface area contributed by atoms with Crippen LogP contribution in [0.15, 0.2) is 28.7 Å². The molecule has 0 unspecified atom stereocenters. The predicted molar refractivity (Wildman–Crippen MR) is 177 cm³/mol. The van der Waals surface area contributed by atoms with Gasteiger partial charge in [-0.2, -0.15) is 13.5 Å². The lowest BCUT2D eigenvalue weighted by Gasteiger charge is -2.50. The van der Waals surface area contributed by atoms with Gasteiger partial charge in [-0.05, 0) is 70.2 Å². The minimum absolute atomic E-state index is 0.0406. The van der Waals surface area contributed by atoms with Crippen molar-refractivity contribution in [2.75, 3.05) is 19.4 Å². The van der Waals surface area contributed by atoms with Crippen LogP contribution in [0, 0.1) is 5.41 Å². The summed E-state index contributed by atoms with van der Waals surface area (Å²) < 4.78 is 47.2. The maximum Gasteiger partial charge on any atom is 0.418 e. The Bertz CT molecular complexity index is 1840. The number of β-lactam (4-membered cyclic amide) rings is 1. The fourth-order valence-electron chi connectivity index (χ4n) is 5.97. The van der Waals surface area contributed by atoms with Crippen LogP contribution in [0.5, 0.6) is 5.75 Å². The molecular weight excluding hydrogens is 700 g/mol. The number of carbonyl (C=O) groups excluding carboxylic acids is 2. The summed E-state index contributed by atoms with van der Waals surface area (Å²) in [6.45, 7) is 4.35. The number of aryl methyl sites for hydroxylation is 1. The lowest BCUT2D eigenvalue weighted by Crippen LogP contribution is -2.76. The number of hydrogen-bond donors (Lipinski definition) is 7. The van der Waals surface area contributed by atoms with Gasteiger partial charge in [0.1, 0.15) is 23.3 Å². The molecule has 19 nitrogen and oxygen atoms in total. The van der Waals surface area contributed by atoms with Crippen molar-refractivity contribution < 1.29 is 51.1 Å². The molecule has 2 aliphatic heterocycles. The first-order valence-corrected chi connectivity index (χ1v) is 17.5. The van der Waals surface area contributed by atoms with Crippen molar-refractivity contribution in [2.45, 2.75) is 81.4 Å². The molecular formula is C29H38N8O11S2. The van der Waals surface area contributed by atoms with Crippen LogP contribution in [0.25, 0.3) is 0 Å². The van der Waals surface area contributed by atoms with Crippen molar-refractivity contribution in [1.29, 1.82) is 5.41 Å². The second kappa shape index (κ2) is 13.4. The molecule has 9 N–H and O–H groups in total. The zero-order chi connectivity index (χ0) is 36.8. The molecule has 0 bridgehead atoms. The topological polar surface area (TPSA) is 291 Å². The number of nitrogens with two attached hydrogens (primary N) is 2. The third-order valence-corrected chi connectivity index (χ3v) is 10.2. The summed E-state index contributed by atoms with van der Waals surface area (Å²) in [6.07, 6.45) is 0.808. The molecule has 1 saturated heterocycles. The number of fused-ring (bicyclic) bond motifs is 1. The van der Waals surface area contributed by atoms with E-state index in [1.54, 1.807) is 25.3 Å². The van der Waals surface area contributed by atoms with Crippen molar-refractivity contribution in [2.24, 2.45) is 10.9 Å². The van der Waals surface area contributed by atoms with E-state index in [9.17, 15) is 27.9 Å². The summed E-state index contributed by atoms with van der Waals surface area (Å²) in [4.78, 5) is 48.3. The molecule has 2 aromatic rings. The van der Waals surface area contributed by atoms with Gasteiger partial charge in [0.25, 0.3) is 17.4 Å². The van der Waals surface area contributed by atoms with Crippen LogP contribution in [-0.4, -0.2) is 106 Å². The average molecular weight is 739 g/mol. The summed E-state index contributed by atoms with van der Waals surface area (Å²) in [5.74, 6) is -2.88. The van der Waals surface area contributed by atoms with Gasteiger partial charge in [-0.3, -0.25) is 19.6 Å². The van der Waals surface area contributed by atoms with Crippen molar-refractivity contribution in [1.82, 2.24) is 20.7 Å². The van der Waals surface area contributed by atoms with Gasteiger partial charge < -0.3 is 41.5 Å². The van der Waals surface area contributed by atoms with E-state index in [1.165, 1.54) is 26.2 Å². The molecule has 0 radical (unpaired) electrons. The van der Waals surface area contributed by atoms with Gasteiger partial charge in [-0.15, -0.1) is 15.6 Å². The number of anilines is 1. The van der Waals surface area contributed by atoms with Gasteiger partial charge >= 0.3 is 16.4 Å². The summed E-state index contributed by atoms with van der Waals surface area (Å²) in [5, 5.41) is 30.1. The molecule has 3 atom stereocenters. The normalized spacial score (nSPS) is 25.6. The van der Waals surface area contributed by atoms with Gasteiger partial charge in [0.15, 0.2) is 16.9 Å². The highest BCUT2D eigenvalue weighted by molar-refractivity contribution is 7.80. The number of carbonyl (C=O) groups is 3. The highest BCUT2D eigenvalue weighted by atomic mass is 32.3. The van der Waals surface area contributed by atoms with E-state index >= 15 is 0 Å². The Labute approximate surface area is 290 Å². The Hall–Kier alpha value is -4.41. The smallest absolute Gasteiger partial charge is 0.418 e. The minimum Gasteiger partial charge on any atom is -0.485 e. The van der Waals surface area contributed by atoms with Gasteiger partial charge in [-0.25, -0.2) is 9.78 Å². The van der Waals surface area contributed by atoms with E-state index < -0.39 is 57.2 Å². The number of amidine groups is 1. The number of aromatic nitrogens is 1. The first-order chi connectivity index (χ1) is 23.3. The van der Waals surface area contributed by atoms with E-state index in [-0.39, 0.29) is 34.7 Å². The second-order valence-corrected chi connectivity index (χ2v) is 14.8. The Balaban J connectivity index is 1.31. The molecule has 1 aromatic carbocycles. The summed E-state index contributed by atoms with van der Waals surface area (Å²) in [6, 6.07) is 3.81. The highest BCUT2D eigenvalue weighted by Gasteiger charge is 2.58. The molecule has 5 rings (SSSR count). The van der Waals surface area contributed by atoms with Crippen LogP contribution in [0.4, 0.5) is 5.13 Å². The van der Waals surface area contributed by atoms with Gasteiger partial charge in [0, 0.05) is 30.6 Å². The highest BCUT2D eigenvalue weighted by Crippen LogP contribution is 2.37. The standard InChI is InChI=1S/C29H38N8O11S2/c1-27(2)21(24(39)37(27)48-50(42,43)44)35-23(38)20(17-12-49-26(32)34-17)36-47-28(3,25(40)41)19-8-6-14-9-15(5-7-18(14)46-19)22(31)33-16-10-29(11-16,13-30)45-4/h5,7,9,12,16,19,21H,6,8,10-11,13,30H2,1-4H3,(H2,31,33)(H2,32,34)(H,35,38)(H,40,41)(H,42,43,44)/b36-20-/t16-,19-,21-,28+,29+/m1/s1. The maximum atomic E-state index is 13.5. The molecule has 21 heteroatoms. The fraction of sp³-hybridized carbons (Fsp3) is 0.517. The Kier molecular flexibility index (Phi) is 9.86. The molecule has 0 spiro atoms. The number of hydroxylamine groups is 2. The number of ether oxygens (including phenoxy) is 2. The molecule has 3 aliphatic rings. The second-order valence-electron chi connectivity index (χ2n) is 12.9. The largest absolute Gasteiger partial charge is 0.485 e. The minimum atomic E-state index is -5.03. The number of amides is 2. The molecule has 50 heavy (non-hydrogen) atoms. The first kappa shape index (κ1) is 36.9. The summed E-state index contributed by atoms with van der Waals surface area (Å²) >= 11 is 0.958. The Morgan fingerprint density at radius 1 is 1.30 bits per heavy atom. The number of nitrogens with one attached hydrogen (secondary N) is 3. The van der Waals surface area contributed by atoms with Crippen molar-refractivity contribution in [3.8, 4) is 5.75 Å². The van der Waals surface area contributed by atoms with Crippen molar-refractivity contribution >= 4 is 56.2 Å². The lowest BCUT2D eigenvalue weighted by molar-refractivity contribution is -0.218. The summed E-state index contributed by atoms with van der Waals surface area (Å²) in [7, 11) is -3.42. The number of benzene rings is 1. The van der Waals surface area contributed by atoms with E-state index in [0.29, 0.717) is 42.2 Å². The molecule has 1 aromatic heterocycles. The van der Waals surface area contributed by atoms with Crippen LogP contribution < -0.4 is 26.8 Å². The fourth-order valence-corrected chi connectivity index (χ4v) is 6.97. The molecule has 3 heterocycles. The van der Waals surface area contributed by atoms with E-state index in [0.717, 1.165) is 16.9 Å². The number of methoxy groups -OCH3 is 1. The Morgan fingerprint density at radius 3 is 2.56 bits per heavy atom. The number of hydrogen-bond acceptors (Lipinski definition) is 15. The van der Waals surface area contributed by atoms with Crippen LogP contribution in [0.2, 0.25) is 0 Å². The quantitative estimate of drug-likeness (QED) is 0.0466. The number of aliphatic carboxylic acids is 1. The van der Waals surface area contributed by atoms with Gasteiger partial charge in [0.05, 0.1) is 11.1 Å². The van der Waals surface area contributed by atoms with E-state index in [1.807, 2.05) is 0 Å². The van der Waals surface area contributed by atoms with Crippen LogP contribution in [0.1, 0.15) is 56.9 Å². The molecule has 272 valence electrons. The third kappa shape index (κ3) is 7.09. The predicted octanol–water partition coefficient (Wildman–Crippen LogP) is -0.0556. The lowest BCUT2D eigenvalue weighted by atomic mass is 9.75. The number of rotatable bonds is 13. The van der Waals surface area contributed by atoms with Gasteiger partial charge in [-0.1, -0.05) is 5.16 Å². The van der Waals surface area contributed by atoms with Crippen LogP contribution in [0.3, 0.4) is 0 Å². The maximum absolute atomic E-state index is 13.5. The monoisotopic (exact) mass is 738 g/mol. The van der Waals surface area contributed by atoms with Crippen molar-refractivity contribution in [3.05, 3.63) is 40.4 Å². The number of carboxylic acid groups (broad SMARTS) is 1. The first-order valence-electron chi connectivity index (χ1n) is 15.3.